The minimum Gasteiger partial charge on any atom is -0.313 e. The van der Waals surface area contributed by atoms with E-state index in [0.29, 0.717) is 0 Å². The van der Waals surface area contributed by atoms with Gasteiger partial charge in [-0.25, -0.2) is 0 Å². The van der Waals surface area contributed by atoms with Crippen LogP contribution in [0.4, 0.5) is 0 Å². The Morgan fingerprint density at radius 2 is 2.17 bits per heavy atom. The maximum atomic E-state index is 4.33. The molecule has 1 heterocycles. The summed E-state index contributed by atoms with van der Waals surface area (Å²) in [6, 6.07) is 10.6. The van der Waals surface area contributed by atoms with Crippen LogP contribution in [0.3, 0.4) is 0 Å². The van der Waals surface area contributed by atoms with Gasteiger partial charge in [-0.3, -0.25) is 4.98 Å². The molecule has 0 saturated carbocycles. The van der Waals surface area contributed by atoms with Gasteiger partial charge in [-0.15, -0.1) is 0 Å². The van der Waals surface area contributed by atoms with Gasteiger partial charge in [-0.2, -0.15) is 11.8 Å². The number of nitrogens with one attached hydrogen (secondary N) is 1. The number of fused-ring (bicyclic) bond motifs is 1. The van der Waals surface area contributed by atoms with E-state index >= 15 is 0 Å². The SMILES string of the molecule is CSCCCCNCc1ccc2ncccc2c1. The molecule has 18 heavy (non-hydrogen) atoms. The van der Waals surface area contributed by atoms with Gasteiger partial charge < -0.3 is 5.32 Å². The highest BCUT2D eigenvalue weighted by Gasteiger charge is 1.96. The molecule has 2 nitrogen and oxygen atoms in total. The number of benzene rings is 1. The fourth-order valence-electron chi connectivity index (χ4n) is 1.96. The maximum absolute atomic E-state index is 4.33. The summed E-state index contributed by atoms with van der Waals surface area (Å²) in [5, 5.41) is 4.72. The molecule has 3 heteroatoms. The van der Waals surface area contributed by atoms with Crippen LogP contribution in [0, 0.1) is 0 Å². The standard InChI is InChI=1S/C15H20N2S/c1-18-10-3-2-8-16-12-13-6-7-15-14(11-13)5-4-9-17-15/h4-7,9,11,16H,2-3,8,10,12H2,1H3. The Balaban J connectivity index is 1.81. The van der Waals surface area contributed by atoms with Gasteiger partial charge in [0.15, 0.2) is 0 Å². The Labute approximate surface area is 113 Å². The van der Waals surface area contributed by atoms with E-state index < -0.39 is 0 Å². The van der Waals surface area contributed by atoms with E-state index in [2.05, 4.69) is 40.8 Å². The molecule has 1 aromatic carbocycles. The van der Waals surface area contributed by atoms with Crippen LogP contribution in [0.1, 0.15) is 18.4 Å². The zero-order valence-electron chi connectivity index (χ0n) is 10.9. The van der Waals surface area contributed by atoms with E-state index in [0.717, 1.165) is 18.6 Å². The third-order valence-corrected chi connectivity index (χ3v) is 3.65. The van der Waals surface area contributed by atoms with Crippen molar-refractivity contribution in [2.45, 2.75) is 19.4 Å². The molecule has 0 atom stereocenters. The number of nitrogens with zero attached hydrogens (tertiary/aromatic N) is 1. The van der Waals surface area contributed by atoms with Crippen LogP contribution >= 0.6 is 11.8 Å². The predicted molar refractivity (Wildman–Crippen MR) is 81.1 cm³/mol. The summed E-state index contributed by atoms with van der Waals surface area (Å²) >= 11 is 1.92. The highest BCUT2D eigenvalue weighted by atomic mass is 32.2. The van der Waals surface area contributed by atoms with Crippen molar-refractivity contribution in [2.24, 2.45) is 0 Å². The normalized spacial score (nSPS) is 10.9. The summed E-state index contributed by atoms with van der Waals surface area (Å²) in [5.41, 5.74) is 2.40. The summed E-state index contributed by atoms with van der Waals surface area (Å²) in [7, 11) is 0. The van der Waals surface area contributed by atoms with E-state index in [4.69, 9.17) is 0 Å². The number of pyridine rings is 1. The first-order valence-corrected chi connectivity index (χ1v) is 7.83. The zero-order chi connectivity index (χ0) is 12.6. The smallest absolute Gasteiger partial charge is 0.0702 e. The molecule has 0 spiro atoms. The van der Waals surface area contributed by atoms with Gasteiger partial charge in [-0.1, -0.05) is 12.1 Å². The number of aromatic nitrogens is 1. The highest BCUT2D eigenvalue weighted by molar-refractivity contribution is 7.98. The monoisotopic (exact) mass is 260 g/mol. The average molecular weight is 260 g/mol. The summed E-state index contributed by atoms with van der Waals surface area (Å²) in [5.74, 6) is 1.27. The zero-order valence-corrected chi connectivity index (χ0v) is 11.7. The third-order valence-electron chi connectivity index (χ3n) is 2.95. The molecule has 0 unspecified atom stereocenters. The Morgan fingerprint density at radius 3 is 3.06 bits per heavy atom. The van der Waals surface area contributed by atoms with Crippen LogP contribution in [0.5, 0.6) is 0 Å². The molecule has 0 aliphatic carbocycles. The van der Waals surface area contributed by atoms with Crippen LogP contribution in [0.2, 0.25) is 0 Å². The molecule has 0 aliphatic rings. The Morgan fingerprint density at radius 1 is 1.22 bits per heavy atom. The second-order valence-electron chi connectivity index (χ2n) is 4.41. The fourth-order valence-corrected chi connectivity index (χ4v) is 2.46. The first-order chi connectivity index (χ1) is 8.90. The number of rotatable bonds is 7. The Hall–Kier alpha value is -1.06. The van der Waals surface area contributed by atoms with Gasteiger partial charge in [0.25, 0.3) is 0 Å². The Bertz CT molecular complexity index is 485. The van der Waals surface area contributed by atoms with Crippen LogP contribution < -0.4 is 5.32 Å². The molecule has 0 fully saturated rings. The lowest BCUT2D eigenvalue weighted by Crippen LogP contribution is -2.14. The van der Waals surface area contributed by atoms with Crippen LogP contribution in [0.15, 0.2) is 36.5 Å². The van der Waals surface area contributed by atoms with Gasteiger partial charge in [0.1, 0.15) is 0 Å². The number of hydrogen-bond donors (Lipinski definition) is 1. The molecule has 0 aliphatic heterocycles. The van der Waals surface area contributed by atoms with Crippen molar-refractivity contribution in [1.29, 1.82) is 0 Å². The molecule has 2 rings (SSSR count). The van der Waals surface area contributed by atoms with Gasteiger partial charge in [0.2, 0.25) is 0 Å². The average Bonchev–Trinajstić information content (AvgIpc) is 2.42. The fraction of sp³-hybridized carbons (Fsp3) is 0.400. The highest BCUT2D eigenvalue weighted by Crippen LogP contribution is 2.13. The molecule has 0 amide bonds. The van der Waals surface area contributed by atoms with Crippen molar-refractivity contribution in [2.75, 3.05) is 18.6 Å². The lowest BCUT2D eigenvalue weighted by atomic mass is 10.1. The number of hydrogen-bond acceptors (Lipinski definition) is 3. The van der Waals surface area contributed by atoms with Crippen molar-refractivity contribution < 1.29 is 0 Å². The van der Waals surface area contributed by atoms with Gasteiger partial charge >= 0.3 is 0 Å². The van der Waals surface area contributed by atoms with Crippen LogP contribution in [-0.2, 0) is 6.54 Å². The summed E-state index contributed by atoms with van der Waals surface area (Å²) in [6.07, 6.45) is 6.56. The lowest BCUT2D eigenvalue weighted by Gasteiger charge is -2.05. The summed E-state index contributed by atoms with van der Waals surface area (Å²) < 4.78 is 0. The second-order valence-corrected chi connectivity index (χ2v) is 5.39. The molecule has 1 N–H and O–H groups in total. The molecule has 2 aromatic rings. The minimum absolute atomic E-state index is 0.949. The van der Waals surface area contributed by atoms with E-state index in [1.807, 2.05) is 24.0 Å². The van der Waals surface area contributed by atoms with Crippen molar-refractivity contribution in [3.8, 4) is 0 Å². The van der Waals surface area contributed by atoms with Gasteiger partial charge in [0, 0.05) is 18.1 Å². The molecule has 0 bridgehead atoms. The van der Waals surface area contributed by atoms with E-state index in [-0.39, 0.29) is 0 Å². The van der Waals surface area contributed by atoms with E-state index in [9.17, 15) is 0 Å². The van der Waals surface area contributed by atoms with Crippen molar-refractivity contribution in [3.05, 3.63) is 42.1 Å². The quantitative estimate of drug-likeness (QED) is 0.772. The number of unbranched alkanes of at least 4 members (excludes halogenated alkanes) is 1. The van der Waals surface area contributed by atoms with E-state index in [1.54, 1.807) is 0 Å². The minimum atomic E-state index is 0.949. The second kappa shape index (κ2) is 7.39. The summed E-state index contributed by atoms with van der Waals surface area (Å²) in [6.45, 7) is 2.05. The molecule has 0 radical (unpaired) electrons. The van der Waals surface area contributed by atoms with Crippen molar-refractivity contribution in [3.63, 3.8) is 0 Å². The first kappa shape index (κ1) is 13.4. The molecule has 1 aromatic heterocycles. The Kier molecular flexibility index (Phi) is 5.49. The van der Waals surface area contributed by atoms with Crippen LogP contribution in [-0.4, -0.2) is 23.5 Å². The lowest BCUT2D eigenvalue weighted by molar-refractivity contribution is 0.644. The first-order valence-electron chi connectivity index (χ1n) is 6.43. The molecular formula is C15H20N2S. The number of thioether (sulfide) groups is 1. The van der Waals surface area contributed by atoms with Gasteiger partial charge in [0.05, 0.1) is 5.52 Å². The van der Waals surface area contributed by atoms with Crippen LogP contribution in [0.25, 0.3) is 10.9 Å². The third kappa shape index (κ3) is 4.00. The van der Waals surface area contributed by atoms with Gasteiger partial charge in [-0.05, 0) is 55.2 Å². The van der Waals surface area contributed by atoms with E-state index in [1.165, 1.54) is 29.5 Å². The maximum Gasteiger partial charge on any atom is 0.0702 e. The summed E-state index contributed by atoms with van der Waals surface area (Å²) in [4.78, 5) is 4.33. The van der Waals surface area contributed by atoms with Crippen molar-refractivity contribution in [1.82, 2.24) is 10.3 Å². The predicted octanol–water partition coefficient (Wildman–Crippen LogP) is 3.47. The molecule has 0 saturated heterocycles. The van der Waals surface area contributed by atoms with Crippen molar-refractivity contribution >= 4 is 22.7 Å². The largest absolute Gasteiger partial charge is 0.313 e. The topological polar surface area (TPSA) is 24.9 Å². The molecule has 96 valence electrons. The molecular weight excluding hydrogens is 240 g/mol.